The van der Waals surface area contributed by atoms with Crippen LogP contribution < -0.4 is 0 Å². The molecule has 1 saturated heterocycles. The first-order valence-corrected chi connectivity index (χ1v) is 10.1. The molecule has 2 bridgehead atoms. The van der Waals surface area contributed by atoms with Crippen molar-refractivity contribution in [3.8, 4) is 0 Å². The molecule has 2 aliphatic rings. The fourth-order valence-electron chi connectivity index (χ4n) is 5.72. The van der Waals surface area contributed by atoms with E-state index in [0.717, 1.165) is 36.1 Å². The van der Waals surface area contributed by atoms with E-state index in [1.165, 1.54) is 6.42 Å². The van der Waals surface area contributed by atoms with Gasteiger partial charge in [0.05, 0.1) is 29.6 Å². The molecular formula is C22H27N5O. The van der Waals surface area contributed by atoms with Gasteiger partial charge in [-0.15, -0.1) is 0 Å². The second-order valence-electron chi connectivity index (χ2n) is 9.79. The number of fused-ring (bicyclic) bond motifs is 3. The number of carbonyl (C=O) groups is 1. The Morgan fingerprint density at radius 3 is 2.93 bits per heavy atom. The third-order valence-electron chi connectivity index (χ3n) is 6.39. The molecule has 0 unspecified atom stereocenters. The van der Waals surface area contributed by atoms with Crippen LogP contribution in [-0.4, -0.2) is 43.1 Å². The molecule has 3 heterocycles. The molecule has 0 spiro atoms. The van der Waals surface area contributed by atoms with Crippen LogP contribution in [-0.2, 0) is 6.54 Å². The number of likely N-dealkylation sites (tertiary alicyclic amines) is 1. The van der Waals surface area contributed by atoms with Gasteiger partial charge in [0.2, 0.25) is 0 Å². The number of nitrogens with zero attached hydrogens (tertiary/aromatic N) is 4. The van der Waals surface area contributed by atoms with Gasteiger partial charge in [0.15, 0.2) is 0 Å². The van der Waals surface area contributed by atoms with Crippen molar-refractivity contribution in [1.82, 2.24) is 24.6 Å². The molecule has 2 atom stereocenters. The van der Waals surface area contributed by atoms with Crippen LogP contribution in [0.3, 0.4) is 0 Å². The molecule has 2 aromatic heterocycles. The summed E-state index contributed by atoms with van der Waals surface area (Å²) in [5, 5.41) is 7.40. The molecule has 5 rings (SSSR count). The Labute approximate surface area is 164 Å². The average Bonchev–Trinajstić information content (AvgIpc) is 3.31. The van der Waals surface area contributed by atoms with Crippen LogP contribution in [0.25, 0.3) is 11.0 Å². The quantitative estimate of drug-likeness (QED) is 0.754. The molecule has 146 valence electrons. The molecule has 1 amide bonds. The summed E-state index contributed by atoms with van der Waals surface area (Å²) in [6, 6.07) is 10.3. The van der Waals surface area contributed by atoms with Crippen molar-refractivity contribution in [1.29, 1.82) is 0 Å². The van der Waals surface area contributed by atoms with E-state index in [0.29, 0.717) is 23.7 Å². The van der Waals surface area contributed by atoms with E-state index in [4.69, 9.17) is 0 Å². The Bertz CT molecular complexity index is 1050. The number of benzene rings is 1. The van der Waals surface area contributed by atoms with Crippen LogP contribution >= 0.6 is 0 Å². The molecule has 1 aromatic carbocycles. The van der Waals surface area contributed by atoms with Gasteiger partial charge in [0, 0.05) is 12.6 Å². The molecule has 1 N–H and O–H groups in total. The minimum absolute atomic E-state index is 0.0596. The van der Waals surface area contributed by atoms with Crippen molar-refractivity contribution in [2.45, 2.75) is 52.6 Å². The Kier molecular flexibility index (Phi) is 3.70. The van der Waals surface area contributed by atoms with Gasteiger partial charge in [0.25, 0.3) is 5.91 Å². The highest BCUT2D eigenvalue weighted by molar-refractivity contribution is 5.93. The standard InChI is InChI=1S/C22H27N5O/c1-21(2)9-16-10-22(3,12-21)13-27(16)20(28)18-8-15(24-25-18)11-26-14-23-17-6-4-5-7-19(17)26/h4-8,14,16H,9-13H2,1-3H3,(H,24,25)/t16-,22-/m1/s1. The number of para-hydroxylation sites is 2. The van der Waals surface area contributed by atoms with Crippen molar-refractivity contribution in [3.05, 3.63) is 48.0 Å². The van der Waals surface area contributed by atoms with Crippen LogP contribution in [0.5, 0.6) is 0 Å². The number of nitrogens with one attached hydrogen (secondary N) is 1. The summed E-state index contributed by atoms with van der Waals surface area (Å²) in [6.07, 6.45) is 5.20. The van der Waals surface area contributed by atoms with E-state index < -0.39 is 0 Å². The van der Waals surface area contributed by atoms with Gasteiger partial charge >= 0.3 is 0 Å². The summed E-state index contributed by atoms with van der Waals surface area (Å²) >= 11 is 0. The third kappa shape index (κ3) is 2.91. The van der Waals surface area contributed by atoms with E-state index in [1.807, 2.05) is 30.6 Å². The first-order valence-electron chi connectivity index (χ1n) is 10.1. The third-order valence-corrected chi connectivity index (χ3v) is 6.39. The predicted octanol–water partition coefficient (Wildman–Crippen LogP) is 3.85. The molecule has 0 radical (unpaired) electrons. The molecule has 6 nitrogen and oxygen atoms in total. The van der Waals surface area contributed by atoms with Crippen molar-refractivity contribution in [3.63, 3.8) is 0 Å². The lowest BCUT2D eigenvalue weighted by molar-refractivity contribution is 0.0702. The molecule has 2 fully saturated rings. The van der Waals surface area contributed by atoms with E-state index >= 15 is 0 Å². The first-order chi connectivity index (χ1) is 13.3. The number of hydrogen-bond donors (Lipinski definition) is 1. The van der Waals surface area contributed by atoms with Gasteiger partial charge in [-0.05, 0) is 48.3 Å². The van der Waals surface area contributed by atoms with Crippen molar-refractivity contribution in [2.24, 2.45) is 10.8 Å². The zero-order chi connectivity index (χ0) is 19.5. The number of carbonyl (C=O) groups excluding carboxylic acids is 1. The first kappa shape index (κ1) is 17.5. The van der Waals surface area contributed by atoms with Crippen LogP contribution in [0.2, 0.25) is 0 Å². The van der Waals surface area contributed by atoms with Crippen molar-refractivity contribution in [2.75, 3.05) is 6.54 Å². The zero-order valence-electron chi connectivity index (χ0n) is 16.8. The van der Waals surface area contributed by atoms with E-state index in [1.54, 1.807) is 0 Å². The lowest BCUT2D eigenvalue weighted by atomic mass is 9.65. The van der Waals surface area contributed by atoms with Crippen molar-refractivity contribution < 1.29 is 4.79 Å². The predicted molar refractivity (Wildman–Crippen MR) is 108 cm³/mol. The van der Waals surface area contributed by atoms with E-state index in [9.17, 15) is 4.79 Å². The number of amides is 1. The fraction of sp³-hybridized carbons (Fsp3) is 0.500. The number of aromatic amines is 1. The lowest BCUT2D eigenvalue weighted by Gasteiger charge is -2.39. The van der Waals surface area contributed by atoms with Crippen LogP contribution in [0, 0.1) is 10.8 Å². The summed E-state index contributed by atoms with van der Waals surface area (Å²) in [5.41, 5.74) is 4.02. The number of H-pyrrole nitrogens is 1. The molecule has 6 heteroatoms. The maximum absolute atomic E-state index is 13.2. The SMILES string of the molecule is CC1(C)C[C@@H]2C[C@@](C)(CN2C(=O)c2cc(Cn3cnc4ccccc43)[nH]n2)C1. The van der Waals surface area contributed by atoms with Gasteiger partial charge in [-0.3, -0.25) is 9.89 Å². The maximum atomic E-state index is 13.2. The minimum Gasteiger partial charge on any atom is -0.334 e. The van der Waals surface area contributed by atoms with Crippen LogP contribution in [0.15, 0.2) is 36.7 Å². The summed E-state index contributed by atoms with van der Waals surface area (Å²) in [7, 11) is 0. The largest absolute Gasteiger partial charge is 0.334 e. The second-order valence-corrected chi connectivity index (χ2v) is 9.79. The average molecular weight is 377 g/mol. The molecular weight excluding hydrogens is 350 g/mol. The number of imidazole rings is 1. The Hall–Kier alpha value is -2.63. The fourth-order valence-corrected chi connectivity index (χ4v) is 5.72. The van der Waals surface area contributed by atoms with Gasteiger partial charge in [0.1, 0.15) is 5.69 Å². The summed E-state index contributed by atoms with van der Waals surface area (Å²) in [5.74, 6) is 0.0596. The van der Waals surface area contributed by atoms with Crippen molar-refractivity contribution >= 4 is 16.9 Å². The number of hydrogen-bond acceptors (Lipinski definition) is 3. The van der Waals surface area contributed by atoms with Gasteiger partial charge < -0.3 is 9.47 Å². The van der Waals surface area contributed by atoms with E-state index in [-0.39, 0.29) is 11.3 Å². The highest BCUT2D eigenvalue weighted by Gasteiger charge is 2.51. The Morgan fingerprint density at radius 1 is 1.25 bits per heavy atom. The number of rotatable bonds is 3. The monoisotopic (exact) mass is 377 g/mol. The summed E-state index contributed by atoms with van der Waals surface area (Å²) in [6.45, 7) is 8.44. The van der Waals surface area contributed by atoms with Gasteiger partial charge in [-0.1, -0.05) is 32.9 Å². The smallest absolute Gasteiger partial charge is 0.274 e. The lowest BCUT2D eigenvalue weighted by Crippen LogP contribution is -2.37. The molecule has 1 aliphatic carbocycles. The van der Waals surface area contributed by atoms with Crippen LogP contribution in [0.1, 0.15) is 56.2 Å². The summed E-state index contributed by atoms with van der Waals surface area (Å²) in [4.78, 5) is 19.7. The second kappa shape index (κ2) is 5.93. The normalized spacial score (nSPS) is 26.1. The van der Waals surface area contributed by atoms with E-state index in [2.05, 4.69) is 51.5 Å². The van der Waals surface area contributed by atoms with Gasteiger partial charge in [-0.2, -0.15) is 5.10 Å². The topological polar surface area (TPSA) is 66.8 Å². The summed E-state index contributed by atoms with van der Waals surface area (Å²) < 4.78 is 2.07. The molecule has 28 heavy (non-hydrogen) atoms. The maximum Gasteiger partial charge on any atom is 0.274 e. The molecule has 1 saturated carbocycles. The molecule has 3 aromatic rings. The zero-order valence-corrected chi connectivity index (χ0v) is 16.8. The minimum atomic E-state index is 0.0596. The van der Waals surface area contributed by atoms with Gasteiger partial charge in [-0.25, -0.2) is 4.98 Å². The molecule has 1 aliphatic heterocycles. The Morgan fingerprint density at radius 2 is 2.07 bits per heavy atom. The Balaban J connectivity index is 1.36. The van der Waals surface area contributed by atoms with Crippen LogP contribution in [0.4, 0.5) is 0 Å². The highest BCUT2D eigenvalue weighted by atomic mass is 16.2. The number of aromatic nitrogens is 4. The highest BCUT2D eigenvalue weighted by Crippen LogP contribution is 2.52.